The van der Waals surface area contributed by atoms with Crippen LogP contribution in [0.1, 0.15) is 179 Å². The van der Waals surface area contributed by atoms with Gasteiger partial charge in [-0.15, -0.1) is 0 Å². The van der Waals surface area contributed by atoms with Gasteiger partial charge in [-0.3, -0.25) is 9.59 Å². The smallest absolute Gasteiger partial charge is 0.338 e. The van der Waals surface area contributed by atoms with Crippen LogP contribution in [0.5, 0.6) is 0 Å². The number of hydrogen-bond acceptors (Lipinski definition) is 10. The number of ketones is 2. The van der Waals surface area contributed by atoms with Gasteiger partial charge in [0.2, 0.25) is 11.6 Å². The van der Waals surface area contributed by atoms with E-state index in [0.29, 0.717) is 56.6 Å². The van der Waals surface area contributed by atoms with Gasteiger partial charge in [-0.1, -0.05) is 139 Å². The Morgan fingerprint density at radius 1 is 0.535 bits per heavy atom. The maximum Gasteiger partial charge on any atom is 0.338 e. The van der Waals surface area contributed by atoms with Crippen LogP contribution in [0.15, 0.2) is 109 Å². The summed E-state index contributed by atoms with van der Waals surface area (Å²) in [6.45, 7) is 4.45. The van der Waals surface area contributed by atoms with Crippen LogP contribution in [0.25, 0.3) is 12.2 Å². The van der Waals surface area contributed by atoms with Crippen LogP contribution >= 0.6 is 0 Å². The average molecular weight is 967 g/mol. The number of unbranched alkanes of at least 4 members (excludes halogenated alkanes) is 6. The molecule has 0 bridgehead atoms. The van der Waals surface area contributed by atoms with Gasteiger partial charge < -0.3 is 31.2 Å². The fraction of sp³-hybridized carbons (Fsp3) is 0.475. The van der Waals surface area contributed by atoms with Crippen LogP contribution in [0, 0.1) is 17.3 Å². The molecule has 71 heavy (non-hydrogen) atoms. The van der Waals surface area contributed by atoms with Crippen molar-refractivity contribution in [1.29, 1.82) is 0 Å². The lowest BCUT2D eigenvalue weighted by molar-refractivity contribution is -0.230. The van der Waals surface area contributed by atoms with Crippen molar-refractivity contribution in [1.82, 2.24) is 0 Å². The summed E-state index contributed by atoms with van der Waals surface area (Å²) in [7, 11) is 0. The van der Waals surface area contributed by atoms with Crippen molar-refractivity contribution in [2.24, 2.45) is 17.3 Å². The van der Waals surface area contributed by atoms with Crippen LogP contribution in [0.2, 0.25) is 0 Å². The number of esters is 2. The van der Waals surface area contributed by atoms with Crippen LogP contribution in [-0.2, 0) is 31.9 Å². The number of hydrogen-bond donors (Lipinski definition) is 4. The first-order valence-electron chi connectivity index (χ1n) is 26.4. The van der Waals surface area contributed by atoms with Crippen LogP contribution in [-0.4, -0.2) is 51.7 Å². The first-order chi connectivity index (χ1) is 34.2. The fourth-order valence-electron chi connectivity index (χ4n) is 10.4. The van der Waals surface area contributed by atoms with E-state index in [4.69, 9.17) is 20.9 Å². The Hall–Kier alpha value is -5.84. The van der Waals surface area contributed by atoms with Crippen molar-refractivity contribution >= 4 is 47.0 Å². The first kappa shape index (κ1) is 54.5. The van der Waals surface area contributed by atoms with Gasteiger partial charge in [0.15, 0.2) is 5.78 Å². The van der Waals surface area contributed by atoms with Gasteiger partial charge in [-0.25, -0.2) is 9.59 Å². The monoisotopic (exact) mass is 967 g/mol. The SMILES string of the molecule is CCCCCCC1CCC(OC(=O)c2ccc(/C=C/C(=O)CC(Cc3ccc(N)cc3)(Cc3ccc(N)cc3)C(O)(O)C(=O)/C=C/c3ccc(C(=O)OC4CCC(CCCCCC)CC4)cc3)cc2)CC1. The molecule has 380 valence electrons. The highest BCUT2D eigenvalue weighted by atomic mass is 16.5. The molecular formula is C61H78N2O8. The Morgan fingerprint density at radius 3 is 1.32 bits per heavy atom. The first-order valence-corrected chi connectivity index (χ1v) is 26.4. The van der Waals surface area contributed by atoms with E-state index in [0.717, 1.165) is 57.4 Å². The lowest BCUT2D eigenvalue weighted by Gasteiger charge is -2.42. The van der Waals surface area contributed by atoms with E-state index >= 15 is 0 Å². The normalized spacial score (nSPS) is 18.6. The number of anilines is 2. The van der Waals surface area contributed by atoms with Crippen molar-refractivity contribution in [2.75, 3.05) is 11.5 Å². The molecule has 0 aliphatic heterocycles. The van der Waals surface area contributed by atoms with Crippen molar-refractivity contribution in [3.05, 3.63) is 143 Å². The van der Waals surface area contributed by atoms with E-state index in [1.54, 1.807) is 103 Å². The fourth-order valence-corrected chi connectivity index (χ4v) is 10.4. The highest BCUT2D eigenvalue weighted by molar-refractivity contribution is 6.01. The molecule has 0 spiro atoms. The summed E-state index contributed by atoms with van der Waals surface area (Å²) in [5.41, 5.74) is 14.5. The summed E-state index contributed by atoms with van der Waals surface area (Å²) in [5, 5.41) is 24.6. The van der Waals surface area contributed by atoms with Crippen LogP contribution in [0.4, 0.5) is 11.4 Å². The minimum Gasteiger partial charge on any atom is -0.459 e. The molecule has 4 aromatic rings. The maximum absolute atomic E-state index is 14.3. The largest absolute Gasteiger partial charge is 0.459 e. The predicted octanol–water partition coefficient (Wildman–Crippen LogP) is 12.6. The Labute approximate surface area is 422 Å². The molecular weight excluding hydrogens is 889 g/mol. The molecule has 2 saturated carbocycles. The highest BCUT2D eigenvalue weighted by Crippen LogP contribution is 2.43. The lowest BCUT2D eigenvalue weighted by atomic mass is 9.65. The third-order valence-electron chi connectivity index (χ3n) is 14.9. The molecule has 0 heterocycles. The van der Waals surface area contributed by atoms with Crippen molar-refractivity contribution in [2.45, 2.75) is 167 Å². The minimum atomic E-state index is -3.07. The minimum absolute atomic E-state index is 0.0847. The van der Waals surface area contributed by atoms with Gasteiger partial charge in [-0.05, 0) is 159 Å². The third kappa shape index (κ3) is 16.6. The summed E-state index contributed by atoms with van der Waals surface area (Å²) >= 11 is 0. The lowest BCUT2D eigenvalue weighted by Crippen LogP contribution is -2.57. The van der Waals surface area contributed by atoms with Gasteiger partial charge in [0, 0.05) is 23.2 Å². The van der Waals surface area contributed by atoms with E-state index < -0.39 is 35.2 Å². The number of nitrogen functional groups attached to an aromatic ring is 2. The second kappa shape index (κ2) is 27.1. The quantitative estimate of drug-likeness (QED) is 0.0156. The number of benzene rings is 4. The molecule has 0 saturated heterocycles. The summed E-state index contributed by atoms with van der Waals surface area (Å²) < 4.78 is 11.8. The summed E-state index contributed by atoms with van der Waals surface area (Å²) in [4.78, 5) is 54.7. The molecule has 0 amide bonds. The Balaban J connectivity index is 1.14. The Kier molecular flexibility index (Phi) is 20.8. The molecule has 0 atom stereocenters. The highest BCUT2D eigenvalue weighted by Gasteiger charge is 2.54. The van der Waals surface area contributed by atoms with E-state index in [2.05, 4.69) is 13.8 Å². The average Bonchev–Trinajstić information content (AvgIpc) is 3.37. The van der Waals surface area contributed by atoms with Gasteiger partial charge in [0.1, 0.15) is 12.2 Å². The second-order valence-corrected chi connectivity index (χ2v) is 20.5. The molecule has 4 aromatic carbocycles. The zero-order valence-electron chi connectivity index (χ0n) is 42.2. The van der Waals surface area contributed by atoms with Gasteiger partial charge in [0.25, 0.3) is 0 Å². The molecule has 6 rings (SSSR count). The summed E-state index contributed by atoms with van der Waals surface area (Å²) in [5.74, 6) is -3.91. The number of carbonyl (C=O) groups is 4. The van der Waals surface area contributed by atoms with Crippen molar-refractivity contribution < 1.29 is 38.9 Å². The molecule has 10 heteroatoms. The van der Waals surface area contributed by atoms with Gasteiger partial charge >= 0.3 is 11.9 Å². The number of aliphatic hydroxyl groups is 2. The standard InChI is InChI=1S/C61H78N2O8/c1-3-5-7-9-11-44-22-36-55(37-23-44)70-58(66)50-27-13-46(14-28-50)21-35-54(64)43-60(41-48-17-31-52(62)32-18-48,42-49-19-33-53(63)34-20-49)61(68,69)57(65)40-26-47-15-29-51(30-16-47)59(67)71-56-38-24-45(25-39-56)12-10-8-6-4-2/h13-21,26-35,40,44-45,55-56,68-69H,3-12,22-25,36-39,41-43,62-63H2,1-2H3/b35-21+,40-26+. The molecule has 2 aliphatic rings. The number of rotatable bonds is 26. The zero-order chi connectivity index (χ0) is 50.6. The van der Waals surface area contributed by atoms with E-state index in [1.165, 1.54) is 76.4 Å². The van der Waals surface area contributed by atoms with E-state index in [9.17, 15) is 29.4 Å². The van der Waals surface area contributed by atoms with Crippen molar-refractivity contribution in [3.63, 3.8) is 0 Å². The molecule has 0 radical (unpaired) electrons. The van der Waals surface area contributed by atoms with Crippen LogP contribution in [0.3, 0.4) is 0 Å². The number of ether oxygens (including phenoxy) is 2. The molecule has 0 unspecified atom stereocenters. The molecule has 2 aliphatic carbocycles. The number of nitrogens with two attached hydrogens (primary N) is 2. The molecule has 0 aromatic heterocycles. The molecule has 10 nitrogen and oxygen atoms in total. The maximum atomic E-state index is 14.3. The zero-order valence-corrected chi connectivity index (χ0v) is 42.2. The number of allylic oxidation sites excluding steroid dienone is 1. The van der Waals surface area contributed by atoms with E-state index in [-0.39, 0.29) is 31.0 Å². The summed E-state index contributed by atoms with van der Waals surface area (Å²) in [6.07, 6.45) is 25.1. The van der Waals surface area contributed by atoms with Crippen LogP contribution < -0.4 is 11.5 Å². The summed E-state index contributed by atoms with van der Waals surface area (Å²) in [6, 6.07) is 27.1. The Morgan fingerprint density at radius 2 is 0.930 bits per heavy atom. The van der Waals surface area contributed by atoms with Gasteiger partial charge in [0.05, 0.1) is 11.1 Å². The predicted molar refractivity (Wildman–Crippen MR) is 284 cm³/mol. The molecule has 2 fully saturated rings. The van der Waals surface area contributed by atoms with Gasteiger partial charge in [-0.2, -0.15) is 0 Å². The molecule has 6 N–H and O–H groups in total. The van der Waals surface area contributed by atoms with Crippen molar-refractivity contribution in [3.8, 4) is 0 Å². The third-order valence-corrected chi connectivity index (χ3v) is 14.9. The topological polar surface area (TPSA) is 179 Å². The number of carbonyl (C=O) groups excluding carboxylic acids is 4. The second-order valence-electron chi connectivity index (χ2n) is 20.5. The van der Waals surface area contributed by atoms with E-state index in [1.807, 2.05) is 0 Å². The Bertz CT molecular complexity index is 2310.